The minimum absolute atomic E-state index is 0.0513. The van der Waals surface area contributed by atoms with E-state index in [1.807, 2.05) is 12.1 Å². The lowest BCUT2D eigenvalue weighted by Gasteiger charge is -2.41. The fraction of sp³-hybridized carbons (Fsp3) is 0.588. The Kier molecular flexibility index (Phi) is 5.19. The molecule has 2 saturated heterocycles. The third-order valence-electron chi connectivity index (χ3n) is 4.93. The molecule has 9 nitrogen and oxygen atoms in total. The van der Waals surface area contributed by atoms with Gasteiger partial charge in [0.05, 0.1) is 12.3 Å². The largest absolute Gasteiger partial charge is 0.454 e. The summed E-state index contributed by atoms with van der Waals surface area (Å²) in [6, 6.07) is 5.50. The van der Waals surface area contributed by atoms with Gasteiger partial charge >= 0.3 is 0 Å². The molecule has 1 aromatic rings. The monoisotopic (exact) mass is 399 g/mol. The van der Waals surface area contributed by atoms with Crippen molar-refractivity contribution >= 4 is 17.7 Å². The van der Waals surface area contributed by atoms with Crippen LogP contribution in [0.25, 0.3) is 0 Å². The summed E-state index contributed by atoms with van der Waals surface area (Å²) >= 11 is 1.45. The summed E-state index contributed by atoms with van der Waals surface area (Å²) in [6.45, 7) is 0.218. The molecular formula is C17H21NO8S. The molecule has 148 valence electrons. The molecule has 3 heterocycles. The third kappa shape index (κ3) is 3.37. The van der Waals surface area contributed by atoms with Crippen molar-refractivity contribution in [1.29, 1.82) is 0 Å². The Balaban J connectivity index is 1.53. The van der Waals surface area contributed by atoms with Gasteiger partial charge in [-0.2, -0.15) is 0 Å². The highest BCUT2D eigenvalue weighted by Gasteiger charge is 2.46. The second-order valence-electron chi connectivity index (χ2n) is 6.57. The molecule has 0 bridgehead atoms. The average Bonchev–Trinajstić information content (AvgIpc) is 3.28. The zero-order chi connectivity index (χ0) is 19.1. The van der Waals surface area contributed by atoms with Crippen LogP contribution in [0.5, 0.6) is 11.5 Å². The lowest BCUT2D eigenvalue weighted by Crippen LogP contribution is -2.60. The number of benzene rings is 1. The van der Waals surface area contributed by atoms with Crippen molar-refractivity contribution in [3.05, 3.63) is 23.8 Å². The SMILES string of the molecule is CO[C@H]1O[C@H](CN2C(=O)CS[C@@H]2c2ccc3c(c2)OCO3)[C@@H](O)[C@H](O)[C@H]1O. The molecule has 0 spiro atoms. The Labute approximate surface area is 159 Å². The van der Waals surface area contributed by atoms with E-state index in [1.54, 1.807) is 11.0 Å². The first kappa shape index (κ1) is 18.8. The van der Waals surface area contributed by atoms with Crippen LogP contribution >= 0.6 is 11.8 Å². The molecule has 3 N–H and O–H groups in total. The van der Waals surface area contributed by atoms with Gasteiger partial charge in [-0.1, -0.05) is 6.07 Å². The van der Waals surface area contributed by atoms with Crippen LogP contribution in [0.4, 0.5) is 0 Å². The summed E-state index contributed by atoms with van der Waals surface area (Å²) in [5.41, 5.74) is 0.865. The van der Waals surface area contributed by atoms with Gasteiger partial charge in [0.25, 0.3) is 0 Å². The molecule has 10 heteroatoms. The van der Waals surface area contributed by atoms with E-state index < -0.39 is 30.7 Å². The normalized spacial score (nSPS) is 35.7. The van der Waals surface area contributed by atoms with E-state index in [0.717, 1.165) is 5.56 Å². The number of carbonyl (C=O) groups excluding carboxylic acids is 1. The van der Waals surface area contributed by atoms with Gasteiger partial charge in [-0.25, -0.2) is 0 Å². The van der Waals surface area contributed by atoms with E-state index in [9.17, 15) is 20.1 Å². The quantitative estimate of drug-likeness (QED) is 0.612. The van der Waals surface area contributed by atoms with Crippen LogP contribution in [-0.2, 0) is 14.3 Å². The first-order chi connectivity index (χ1) is 13.0. The maximum Gasteiger partial charge on any atom is 0.233 e. The van der Waals surface area contributed by atoms with Gasteiger partial charge in [-0.15, -0.1) is 11.8 Å². The van der Waals surface area contributed by atoms with E-state index in [0.29, 0.717) is 17.3 Å². The number of fused-ring (bicyclic) bond motifs is 1. The summed E-state index contributed by atoms with van der Waals surface area (Å²) in [6.07, 6.45) is -6.12. The second kappa shape index (κ2) is 7.46. The lowest BCUT2D eigenvalue weighted by atomic mass is 9.98. The van der Waals surface area contributed by atoms with Crippen LogP contribution in [0, 0.1) is 0 Å². The van der Waals surface area contributed by atoms with Crippen LogP contribution in [0.2, 0.25) is 0 Å². The maximum absolute atomic E-state index is 12.4. The second-order valence-corrected chi connectivity index (χ2v) is 7.64. The molecule has 0 aliphatic carbocycles. The van der Waals surface area contributed by atoms with Crippen LogP contribution in [0.15, 0.2) is 18.2 Å². The molecule has 0 aromatic heterocycles. The smallest absolute Gasteiger partial charge is 0.233 e. The van der Waals surface area contributed by atoms with E-state index in [1.165, 1.54) is 18.9 Å². The van der Waals surface area contributed by atoms with Crippen molar-refractivity contribution in [3.8, 4) is 11.5 Å². The highest BCUT2D eigenvalue weighted by Crippen LogP contribution is 2.43. The molecule has 0 radical (unpaired) electrons. The number of rotatable bonds is 4. The number of hydrogen-bond donors (Lipinski definition) is 3. The summed E-state index contributed by atoms with van der Waals surface area (Å²) in [5.74, 6) is 1.47. The Bertz CT molecular complexity index is 716. The number of ether oxygens (including phenoxy) is 4. The fourth-order valence-electron chi connectivity index (χ4n) is 3.45. The van der Waals surface area contributed by atoms with Crippen molar-refractivity contribution in [2.75, 3.05) is 26.2 Å². The van der Waals surface area contributed by atoms with Gasteiger partial charge in [0.2, 0.25) is 12.7 Å². The van der Waals surface area contributed by atoms with Crippen LogP contribution < -0.4 is 9.47 Å². The van der Waals surface area contributed by atoms with Crippen LogP contribution in [-0.4, -0.2) is 83.0 Å². The molecule has 6 atom stereocenters. The highest BCUT2D eigenvalue weighted by atomic mass is 32.2. The Morgan fingerprint density at radius 2 is 1.96 bits per heavy atom. The Morgan fingerprint density at radius 1 is 1.19 bits per heavy atom. The fourth-order valence-corrected chi connectivity index (χ4v) is 4.64. The van der Waals surface area contributed by atoms with E-state index in [2.05, 4.69) is 0 Å². The maximum atomic E-state index is 12.4. The van der Waals surface area contributed by atoms with Crippen LogP contribution in [0.3, 0.4) is 0 Å². The molecule has 0 unspecified atom stereocenters. The number of amides is 1. The highest BCUT2D eigenvalue weighted by molar-refractivity contribution is 8.00. The molecule has 3 aliphatic rings. The number of thioether (sulfide) groups is 1. The summed E-state index contributed by atoms with van der Waals surface area (Å²) < 4.78 is 21.3. The molecular weight excluding hydrogens is 378 g/mol. The van der Waals surface area contributed by atoms with Crippen molar-refractivity contribution < 1.29 is 39.1 Å². The Hall–Kier alpha value is -1.56. The van der Waals surface area contributed by atoms with Gasteiger partial charge in [0, 0.05) is 7.11 Å². The van der Waals surface area contributed by atoms with Crippen LogP contribution in [0.1, 0.15) is 10.9 Å². The Morgan fingerprint density at radius 3 is 2.74 bits per heavy atom. The number of aliphatic hydroxyl groups is 3. The molecule has 0 saturated carbocycles. The number of aliphatic hydroxyl groups excluding tert-OH is 3. The molecule has 2 fully saturated rings. The predicted molar refractivity (Wildman–Crippen MR) is 93.2 cm³/mol. The van der Waals surface area contributed by atoms with Crippen molar-refractivity contribution in [1.82, 2.24) is 4.90 Å². The van der Waals surface area contributed by atoms with Crippen molar-refractivity contribution in [3.63, 3.8) is 0 Å². The molecule has 4 rings (SSSR count). The first-order valence-electron chi connectivity index (χ1n) is 8.52. The standard InChI is InChI=1S/C17H21NO8S/c1-23-17-15(22)14(21)13(20)11(26-17)5-18-12(19)6-27-16(18)8-2-3-9-10(4-8)25-7-24-9/h2-4,11,13-17,20-22H,5-7H2,1H3/t11-,13-,14+,15-,16-,17+/m1/s1. The summed E-state index contributed by atoms with van der Waals surface area (Å²) in [5, 5.41) is 29.9. The number of hydrogen-bond acceptors (Lipinski definition) is 9. The van der Waals surface area contributed by atoms with E-state index in [-0.39, 0.29) is 24.6 Å². The molecule has 3 aliphatic heterocycles. The first-order valence-corrected chi connectivity index (χ1v) is 9.57. The van der Waals surface area contributed by atoms with Gasteiger partial charge in [-0.3, -0.25) is 4.79 Å². The average molecular weight is 399 g/mol. The molecule has 1 amide bonds. The van der Waals surface area contributed by atoms with Gasteiger partial charge < -0.3 is 39.2 Å². The third-order valence-corrected chi connectivity index (χ3v) is 6.18. The molecule has 27 heavy (non-hydrogen) atoms. The molecule has 1 aromatic carbocycles. The minimum atomic E-state index is -1.43. The van der Waals surface area contributed by atoms with Gasteiger partial charge in [0.15, 0.2) is 17.8 Å². The zero-order valence-corrected chi connectivity index (χ0v) is 15.4. The number of nitrogens with zero attached hydrogens (tertiary/aromatic N) is 1. The summed E-state index contributed by atoms with van der Waals surface area (Å²) in [7, 11) is 1.33. The lowest BCUT2D eigenvalue weighted by molar-refractivity contribution is -0.291. The van der Waals surface area contributed by atoms with Crippen molar-refractivity contribution in [2.24, 2.45) is 0 Å². The minimum Gasteiger partial charge on any atom is -0.454 e. The van der Waals surface area contributed by atoms with Crippen molar-refractivity contribution in [2.45, 2.75) is 36.1 Å². The van der Waals surface area contributed by atoms with Gasteiger partial charge in [0.1, 0.15) is 29.8 Å². The van der Waals surface area contributed by atoms with E-state index in [4.69, 9.17) is 18.9 Å². The topological polar surface area (TPSA) is 118 Å². The zero-order valence-electron chi connectivity index (χ0n) is 14.6. The predicted octanol–water partition coefficient (Wildman–Crippen LogP) is -0.557. The van der Waals surface area contributed by atoms with E-state index >= 15 is 0 Å². The summed E-state index contributed by atoms with van der Waals surface area (Å²) in [4.78, 5) is 14.0. The number of methoxy groups -OCH3 is 1. The van der Waals surface area contributed by atoms with Gasteiger partial charge in [-0.05, 0) is 17.7 Å². The number of carbonyl (C=O) groups is 1.